The first-order valence-electron chi connectivity index (χ1n) is 4.85. The lowest BCUT2D eigenvalue weighted by atomic mass is 10.2. The summed E-state index contributed by atoms with van der Waals surface area (Å²) in [6, 6.07) is 3.60. The third-order valence-electron chi connectivity index (χ3n) is 1.86. The van der Waals surface area contributed by atoms with Crippen molar-refractivity contribution in [2.75, 3.05) is 14.1 Å². The molecule has 7 nitrogen and oxygen atoms in total. The standard InChI is InChI=1S/C10H11ClN4O3/c1-14(2)6-12-13-10(16)8-4-3-7(15(17)18)5-9(8)11/h3-6H,1-2H3,(H,13,16)/b12-6+. The van der Waals surface area contributed by atoms with Gasteiger partial charge in [-0.1, -0.05) is 11.6 Å². The average molecular weight is 271 g/mol. The van der Waals surface area contributed by atoms with Gasteiger partial charge in [0.1, 0.15) is 6.34 Å². The molecule has 0 aliphatic carbocycles. The number of rotatable bonds is 4. The van der Waals surface area contributed by atoms with Crippen LogP contribution in [-0.2, 0) is 0 Å². The maximum atomic E-state index is 11.6. The molecule has 1 aromatic carbocycles. The van der Waals surface area contributed by atoms with Crippen LogP contribution in [0, 0.1) is 10.1 Å². The summed E-state index contributed by atoms with van der Waals surface area (Å²) in [6.45, 7) is 0. The van der Waals surface area contributed by atoms with Gasteiger partial charge in [-0.05, 0) is 6.07 Å². The summed E-state index contributed by atoms with van der Waals surface area (Å²) < 4.78 is 0. The monoisotopic (exact) mass is 270 g/mol. The number of nitro benzene ring substituents is 1. The van der Waals surface area contributed by atoms with Crippen LogP contribution in [0.1, 0.15) is 10.4 Å². The van der Waals surface area contributed by atoms with Crippen LogP contribution in [-0.4, -0.2) is 36.2 Å². The number of nitrogens with zero attached hydrogens (tertiary/aromatic N) is 3. The van der Waals surface area contributed by atoms with Gasteiger partial charge in [0.25, 0.3) is 11.6 Å². The number of nitro groups is 1. The van der Waals surface area contributed by atoms with Crippen LogP contribution in [0.4, 0.5) is 5.69 Å². The minimum absolute atomic E-state index is 0.00162. The first-order valence-corrected chi connectivity index (χ1v) is 5.23. The number of amides is 1. The molecule has 0 saturated carbocycles. The quantitative estimate of drug-likeness (QED) is 0.388. The van der Waals surface area contributed by atoms with Crippen LogP contribution in [0.5, 0.6) is 0 Å². The smallest absolute Gasteiger partial charge is 0.272 e. The fraction of sp³-hybridized carbons (Fsp3) is 0.200. The summed E-state index contributed by atoms with van der Waals surface area (Å²) >= 11 is 5.78. The number of hydrogen-bond donors (Lipinski definition) is 1. The van der Waals surface area contributed by atoms with Crippen molar-refractivity contribution in [3.63, 3.8) is 0 Å². The van der Waals surface area contributed by atoms with Crippen molar-refractivity contribution in [1.82, 2.24) is 10.3 Å². The summed E-state index contributed by atoms with van der Waals surface area (Å²) in [5.41, 5.74) is 2.20. The van der Waals surface area contributed by atoms with Gasteiger partial charge >= 0.3 is 0 Å². The minimum atomic E-state index is -0.586. The summed E-state index contributed by atoms with van der Waals surface area (Å²) in [5, 5.41) is 14.2. The number of carbonyl (C=O) groups is 1. The zero-order valence-corrected chi connectivity index (χ0v) is 10.5. The Bertz CT molecular complexity index is 502. The fourth-order valence-corrected chi connectivity index (χ4v) is 1.33. The maximum Gasteiger partial charge on any atom is 0.272 e. The number of hydrazone groups is 1. The van der Waals surface area contributed by atoms with Gasteiger partial charge in [-0.25, -0.2) is 5.43 Å². The lowest BCUT2D eigenvalue weighted by Gasteiger charge is -2.04. The van der Waals surface area contributed by atoms with Gasteiger partial charge in [0.05, 0.1) is 15.5 Å². The summed E-state index contributed by atoms with van der Waals surface area (Å²) in [5.74, 6) is -0.534. The molecular formula is C10H11ClN4O3. The Kier molecular flexibility index (Phi) is 4.61. The highest BCUT2D eigenvalue weighted by Gasteiger charge is 2.14. The molecule has 0 saturated heterocycles. The minimum Gasteiger partial charge on any atom is -0.367 e. The molecule has 1 rings (SSSR count). The number of nitrogens with one attached hydrogen (secondary N) is 1. The lowest BCUT2D eigenvalue weighted by Crippen LogP contribution is -2.20. The number of hydrogen-bond acceptors (Lipinski definition) is 4. The third-order valence-corrected chi connectivity index (χ3v) is 2.18. The molecule has 0 fully saturated rings. The molecule has 8 heteroatoms. The van der Waals surface area contributed by atoms with E-state index < -0.39 is 10.8 Å². The Labute approximate surface area is 108 Å². The normalized spacial score (nSPS) is 10.4. The largest absolute Gasteiger partial charge is 0.367 e. The third kappa shape index (κ3) is 3.70. The van der Waals surface area contributed by atoms with Crippen molar-refractivity contribution in [2.24, 2.45) is 5.10 Å². The van der Waals surface area contributed by atoms with Crippen LogP contribution >= 0.6 is 11.6 Å². The van der Waals surface area contributed by atoms with Crippen LogP contribution in [0.3, 0.4) is 0 Å². The predicted molar refractivity (Wildman–Crippen MR) is 67.8 cm³/mol. The van der Waals surface area contributed by atoms with E-state index in [0.717, 1.165) is 6.07 Å². The van der Waals surface area contributed by atoms with E-state index in [1.54, 1.807) is 19.0 Å². The van der Waals surface area contributed by atoms with Gasteiger partial charge in [-0.3, -0.25) is 14.9 Å². The molecular weight excluding hydrogens is 260 g/mol. The molecule has 1 aromatic rings. The van der Waals surface area contributed by atoms with Crippen LogP contribution in [0.2, 0.25) is 5.02 Å². The van der Waals surface area contributed by atoms with Crippen LogP contribution < -0.4 is 5.43 Å². The van der Waals surface area contributed by atoms with E-state index in [1.807, 2.05) is 0 Å². The highest BCUT2D eigenvalue weighted by molar-refractivity contribution is 6.34. The Hall–Kier alpha value is -2.15. The second-order valence-corrected chi connectivity index (χ2v) is 3.98. The number of non-ortho nitro benzene ring substituents is 1. The van der Waals surface area contributed by atoms with Crippen LogP contribution in [0.25, 0.3) is 0 Å². The molecule has 96 valence electrons. The summed E-state index contributed by atoms with van der Waals surface area (Å²) in [6.07, 6.45) is 1.40. The molecule has 0 unspecified atom stereocenters. The molecule has 0 bridgehead atoms. The summed E-state index contributed by atoms with van der Waals surface area (Å²) in [4.78, 5) is 23.2. The van der Waals surface area contributed by atoms with Gasteiger partial charge in [0.2, 0.25) is 0 Å². The van der Waals surface area contributed by atoms with Gasteiger partial charge in [-0.15, -0.1) is 0 Å². The molecule has 18 heavy (non-hydrogen) atoms. The molecule has 1 amide bonds. The van der Waals surface area contributed by atoms with Crippen molar-refractivity contribution in [3.8, 4) is 0 Å². The highest BCUT2D eigenvalue weighted by atomic mass is 35.5. The second-order valence-electron chi connectivity index (χ2n) is 3.57. The van der Waals surface area contributed by atoms with Crippen molar-refractivity contribution in [1.29, 1.82) is 0 Å². The fourth-order valence-electron chi connectivity index (χ4n) is 1.06. The molecule has 0 aromatic heterocycles. The van der Waals surface area contributed by atoms with Crippen molar-refractivity contribution in [3.05, 3.63) is 38.9 Å². The van der Waals surface area contributed by atoms with E-state index in [1.165, 1.54) is 18.5 Å². The number of benzene rings is 1. The first-order chi connectivity index (χ1) is 8.41. The summed E-state index contributed by atoms with van der Waals surface area (Å²) in [7, 11) is 3.49. The van der Waals surface area contributed by atoms with E-state index in [9.17, 15) is 14.9 Å². The Morgan fingerprint density at radius 2 is 2.22 bits per heavy atom. The molecule has 1 N–H and O–H groups in total. The van der Waals surface area contributed by atoms with E-state index in [0.29, 0.717) is 0 Å². The molecule has 0 aliphatic heterocycles. The maximum absolute atomic E-state index is 11.6. The molecule has 0 heterocycles. The van der Waals surface area contributed by atoms with Gasteiger partial charge in [0, 0.05) is 26.2 Å². The zero-order chi connectivity index (χ0) is 13.7. The second kappa shape index (κ2) is 5.97. The Morgan fingerprint density at radius 3 is 2.72 bits per heavy atom. The number of halogens is 1. The SMILES string of the molecule is CN(C)/C=N/NC(=O)c1ccc([N+](=O)[O-])cc1Cl. The van der Waals surface area contributed by atoms with Crippen molar-refractivity contribution < 1.29 is 9.72 Å². The van der Waals surface area contributed by atoms with Gasteiger partial charge < -0.3 is 4.90 Å². The molecule has 0 aliphatic rings. The van der Waals surface area contributed by atoms with Gasteiger partial charge in [-0.2, -0.15) is 5.10 Å². The topological polar surface area (TPSA) is 87.8 Å². The molecule has 0 spiro atoms. The van der Waals surface area contributed by atoms with Gasteiger partial charge in [0.15, 0.2) is 0 Å². The average Bonchev–Trinajstić information content (AvgIpc) is 2.27. The van der Waals surface area contributed by atoms with Crippen LogP contribution in [0.15, 0.2) is 23.3 Å². The first kappa shape index (κ1) is 13.9. The van der Waals surface area contributed by atoms with E-state index in [4.69, 9.17) is 11.6 Å². The van der Waals surface area contributed by atoms with E-state index in [-0.39, 0.29) is 16.3 Å². The predicted octanol–water partition coefficient (Wildman–Crippen LogP) is 1.48. The molecule has 0 radical (unpaired) electrons. The lowest BCUT2D eigenvalue weighted by molar-refractivity contribution is -0.384. The van der Waals surface area contributed by atoms with Crippen molar-refractivity contribution >= 4 is 29.5 Å². The molecule has 0 atom stereocenters. The number of carbonyl (C=O) groups excluding carboxylic acids is 1. The highest BCUT2D eigenvalue weighted by Crippen LogP contribution is 2.22. The Morgan fingerprint density at radius 1 is 1.56 bits per heavy atom. The Balaban J connectivity index is 2.84. The zero-order valence-electron chi connectivity index (χ0n) is 9.75. The van der Waals surface area contributed by atoms with E-state index in [2.05, 4.69) is 10.5 Å². The van der Waals surface area contributed by atoms with E-state index >= 15 is 0 Å². The van der Waals surface area contributed by atoms with Crippen molar-refractivity contribution in [2.45, 2.75) is 0 Å².